The van der Waals surface area contributed by atoms with Crippen LogP contribution in [0.3, 0.4) is 0 Å². The first-order valence-electron chi connectivity index (χ1n) is 7.40. The van der Waals surface area contributed by atoms with E-state index in [1.54, 1.807) is 6.07 Å². The largest absolute Gasteiger partial charge is 0.305 e. The number of nitrogens with one attached hydrogen (secondary N) is 1. The highest BCUT2D eigenvalue weighted by Crippen LogP contribution is 2.39. The second-order valence-electron chi connectivity index (χ2n) is 6.02. The van der Waals surface area contributed by atoms with Crippen LogP contribution in [0.2, 0.25) is 5.02 Å². The highest BCUT2D eigenvalue weighted by atomic mass is 35.5. The van der Waals surface area contributed by atoms with E-state index in [0.717, 1.165) is 29.8 Å². The molecule has 2 aliphatic rings. The monoisotopic (exact) mass is 305 g/mol. The number of hydrogen-bond acceptors (Lipinski definition) is 2. The number of fused-ring (bicyclic) bond motifs is 4. The minimum Gasteiger partial charge on any atom is -0.305 e. The van der Waals surface area contributed by atoms with E-state index in [1.165, 1.54) is 24.5 Å². The lowest BCUT2D eigenvalue weighted by molar-refractivity contribution is 0.297. The predicted molar refractivity (Wildman–Crippen MR) is 80.8 cm³/mol. The van der Waals surface area contributed by atoms with Crippen LogP contribution in [0.4, 0.5) is 4.39 Å². The summed E-state index contributed by atoms with van der Waals surface area (Å²) >= 11 is 5.80. The van der Waals surface area contributed by atoms with Gasteiger partial charge in [0.05, 0.1) is 22.5 Å². The number of nitrogens with zero attached hydrogens (tertiary/aromatic N) is 2. The molecule has 1 N–H and O–H groups in total. The minimum absolute atomic E-state index is 0.160. The summed E-state index contributed by atoms with van der Waals surface area (Å²) in [5.41, 5.74) is 4.29. The first-order chi connectivity index (χ1) is 10.1. The van der Waals surface area contributed by atoms with Crippen LogP contribution in [-0.4, -0.2) is 15.8 Å². The first-order valence-corrected chi connectivity index (χ1v) is 7.78. The Labute approximate surface area is 128 Å². The van der Waals surface area contributed by atoms with E-state index in [2.05, 4.69) is 5.32 Å². The van der Waals surface area contributed by atoms with Crippen LogP contribution in [0.5, 0.6) is 0 Å². The average molecular weight is 306 g/mol. The molecular weight excluding hydrogens is 289 g/mol. The van der Waals surface area contributed by atoms with Crippen LogP contribution < -0.4 is 5.32 Å². The van der Waals surface area contributed by atoms with Gasteiger partial charge in [-0.25, -0.2) is 4.39 Å². The summed E-state index contributed by atoms with van der Waals surface area (Å²) in [6, 6.07) is 5.88. The summed E-state index contributed by atoms with van der Waals surface area (Å²) in [7, 11) is 1.93. The second kappa shape index (κ2) is 4.82. The summed E-state index contributed by atoms with van der Waals surface area (Å²) in [6.07, 6.45) is 4.57. The molecule has 0 amide bonds. The SMILES string of the molecule is Cn1nc2c(c1-c1ccc(Cl)c(F)c1)C[C@H]1CCC[C@@H]2N1. The fourth-order valence-corrected chi connectivity index (χ4v) is 3.83. The highest BCUT2D eigenvalue weighted by Gasteiger charge is 2.34. The van der Waals surface area contributed by atoms with Crippen LogP contribution >= 0.6 is 11.6 Å². The van der Waals surface area contributed by atoms with Crippen LogP contribution in [0.1, 0.15) is 36.6 Å². The number of rotatable bonds is 1. The van der Waals surface area contributed by atoms with Gasteiger partial charge in [0.15, 0.2) is 0 Å². The van der Waals surface area contributed by atoms with Gasteiger partial charge < -0.3 is 5.32 Å². The topological polar surface area (TPSA) is 29.9 Å². The quantitative estimate of drug-likeness (QED) is 0.872. The van der Waals surface area contributed by atoms with Gasteiger partial charge in [0.1, 0.15) is 5.82 Å². The van der Waals surface area contributed by atoms with Crippen molar-refractivity contribution < 1.29 is 4.39 Å². The summed E-state index contributed by atoms with van der Waals surface area (Å²) in [5, 5.41) is 8.51. The fourth-order valence-electron chi connectivity index (χ4n) is 3.72. The van der Waals surface area contributed by atoms with Gasteiger partial charge in [0, 0.05) is 24.2 Å². The third-order valence-corrected chi connectivity index (χ3v) is 4.94. The van der Waals surface area contributed by atoms with Gasteiger partial charge >= 0.3 is 0 Å². The van der Waals surface area contributed by atoms with Crippen molar-refractivity contribution in [1.29, 1.82) is 0 Å². The lowest BCUT2D eigenvalue weighted by Crippen LogP contribution is -2.42. The first kappa shape index (κ1) is 13.3. The van der Waals surface area contributed by atoms with Gasteiger partial charge in [0.2, 0.25) is 0 Å². The zero-order valence-electron chi connectivity index (χ0n) is 11.9. The van der Waals surface area contributed by atoms with E-state index < -0.39 is 0 Å². The molecule has 3 nitrogen and oxygen atoms in total. The molecule has 3 heterocycles. The Morgan fingerprint density at radius 3 is 3.05 bits per heavy atom. The maximum atomic E-state index is 13.8. The van der Waals surface area contributed by atoms with Gasteiger partial charge in [0.25, 0.3) is 0 Å². The highest BCUT2D eigenvalue weighted by molar-refractivity contribution is 6.30. The van der Waals surface area contributed by atoms with Crippen molar-refractivity contribution >= 4 is 11.6 Å². The third kappa shape index (κ3) is 2.09. The number of halogens is 2. The van der Waals surface area contributed by atoms with E-state index in [4.69, 9.17) is 16.7 Å². The Hall–Kier alpha value is -1.39. The van der Waals surface area contributed by atoms with Gasteiger partial charge in [-0.1, -0.05) is 17.7 Å². The molecule has 110 valence electrons. The lowest BCUT2D eigenvalue weighted by atomic mass is 9.84. The molecule has 1 saturated heterocycles. The molecule has 1 aromatic heterocycles. The number of benzene rings is 1. The molecular formula is C16H17ClFN3. The Morgan fingerprint density at radius 1 is 1.38 bits per heavy atom. The molecule has 1 aromatic carbocycles. The van der Waals surface area contributed by atoms with Crippen molar-refractivity contribution in [2.75, 3.05) is 0 Å². The number of aromatic nitrogens is 2. The molecule has 2 aliphatic heterocycles. The van der Waals surface area contributed by atoms with Crippen molar-refractivity contribution in [3.05, 3.63) is 40.3 Å². The van der Waals surface area contributed by atoms with Crippen LogP contribution in [0, 0.1) is 5.82 Å². The fraction of sp³-hybridized carbons (Fsp3) is 0.438. The molecule has 1 fully saturated rings. The summed E-state index contributed by atoms with van der Waals surface area (Å²) in [6.45, 7) is 0. The Balaban J connectivity index is 1.86. The molecule has 2 atom stereocenters. The van der Waals surface area contributed by atoms with Crippen molar-refractivity contribution in [2.24, 2.45) is 7.05 Å². The summed E-state index contributed by atoms with van der Waals surface area (Å²) in [5.74, 6) is -0.377. The van der Waals surface area contributed by atoms with E-state index in [-0.39, 0.29) is 10.8 Å². The Bertz CT molecular complexity index is 710. The molecule has 4 rings (SSSR count). The lowest BCUT2D eigenvalue weighted by Gasteiger charge is -2.35. The predicted octanol–water partition coefficient (Wildman–Crippen LogP) is 3.62. The maximum Gasteiger partial charge on any atom is 0.142 e. The summed E-state index contributed by atoms with van der Waals surface area (Å²) < 4.78 is 15.7. The normalized spacial score (nSPS) is 24.0. The second-order valence-corrected chi connectivity index (χ2v) is 6.42. The molecule has 2 aromatic rings. The molecule has 21 heavy (non-hydrogen) atoms. The van der Waals surface area contributed by atoms with Gasteiger partial charge in [-0.15, -0.1) is 0 Å². The third-order valence-electron chi connectivity index (χ3n) is 4.63. The molecule has 2 bridgehead atoms. The minimum atomic E-state index is -0.377. The van der Waals surface area contributed by atoms with Crippen molar-refractivity contribution in [3.8, 4) is 11.3 Å². The zero-order chi connectivity index (χ0) is 14.6. The maximum absolute atomic E-state index is 13.8. The van der Waals surface area contributed by atoms with Crippen molar-refractivity contribution in [1.82, 2.24) is 15.1 Å². The smallest absolute Gasteiger partial charge is 0.142 e. The van der Waals surface area contributed by atoms with Crippen LogP contribution in [-0.2, 0) is 13.5 Å². The van der Waals surface area contributed by atoms with E-state index >= 15 is 0 Å². The number of aryl methyl sites for hydroxylation is 1. The molecule has 0 aliphatic carbocycles. The Morgan fingerprint density at radius 2 is 2.24 bits per heavy atom. The van der Waals surface area contributed by atoms with Gasteiger partial charge in [-0.3, -0.25) is 4.68 Å². The zero-order valence-corrected chi connectivity index (χ0v) is 12.6. The van der Waals surface area contributed by atoms with E-state index in [1.807, 2.05) is 17.8 Å². The summed E-state index contributed by atoms with van der Waals surface area (Å²) in [4.78, 5) is 0. The molecule has 0 radical (unpaired) electrons. The average Bonchev–Trinajstić information content (AvgIpc) is 2.79. The van der Waals surface area contributed by atoms with Crippen LogP contribution in [0.15, 0.2) is 18.2 Å². The van der Waals surface area contributed by atoms with Crippen molar-refractivity contribution in [2.45, 2.75) is 37.8 Å². The number of hydrogen-bond donors (Lipinski definition) is 1. The van der Waals surface area contributed by atoms with E-state index in [0.29, 0.717) is 12.1 Å². The van der Waals surface area contributed by atoms with Crippen molar-refractivity contribution in [3.63, 3.8) is 0 Å². The number of piperidine rings is 1. The van der Waals surface area contributed by atoms with Gasteiger partial charge in [-0.05, 0) is 37.8 Å². The van der Waals surface area contributed by atoms with Gasteiger partial charge in [-0.2, -0.15) is 5.10 Å². The molecule has 0 unspecified atom stereocenters. The molecule has 0 saturated carbocycles. The molecule has 0 spiro atoms. The van der Waals surface area contributed by atoms with Crippen LogP contribution in [0.25, 0.3) is 11.3 Å². The Kier molecular flexibility index (Phi) is 3.05. The molecule has 5 heteroatoms. The standard InChI is InChI=1S/C16H17ClFN3/c1-21-16(9-5-6-12(17)13(18)7-9)11-8-10-3-2-4-14(19-10)15(11)20-21/h5-7,10,14,19H,2-4,8H2,1H3/t10-,14+/m1/s1. The van der Waals surface area contributed by atoms with E-state index in [9.17, 15) is 4.39 Å².